The first kappa shape index (κ1) is 14.2. The number of para-hydroxylation sites is 1. The molecular formula is C20H14N2O2. The van der Waals surface area contributed by atoms with E-state index in [1.165, 1.54) is 0 Å². The van der Waals surface area contributed by atoms with E-state index in [1.807, 2.05) is 30.5 Å². The topological polar surface area (TPSA) is 55.1 Å². The van der Waals surface area contributed by atoms with E-state index in [-0.39, 0.29) is 5.56 Å². The molecule has 2 aromatic carbocycles. The number of carboxylic acid groups (broad SMARTS) is 1. The highest BCUT2D eigenvalue weighted by Gasteiger charge is 2.11. The second-order valence-electron chi connectivity index (χ2n) is 5.50. The lowest BCUT2D eigenvalue weighted by molar-refractivity contribution is 0.0697. The van der Waals surface area contributed by atoms with Gasteiger partial charge in [-0.25, -0.2) is 4.79 Å². The fourth-order valence-corrected chi connectivity index (χ4v) is 2.88. The molecule has 2 heterocycles. The first-order valence-electron chi connectivity index (χ1n) is 7.59. The Morgan fingerprint density at radius 2 is 1.71 bits per heavy atom. The van der Waals surface area contributed by atoms with E-state index in [1.54, 1.807) is 30.5 Å². The highest BCUT2D eigenvalue weighted by molar-refractivity contribution is 5.89. The highest BCUT2D eigenvalue weighted by atomic mass is 16.4. The van der Waals surface area contributed by atoms with Crippen LogP contribution < -0.4 is 0 Å². The lowest BCUT2D eigenvalue weighted by Gasteiger charge is -2.11. The van der Waals surface area contributed by atoms with E-state index in [9.17, 15) is 4.79 Å². The molecule has 0 spiro atoms. The smallest absolute Gasteiger partial charge is 0.335 e. The third kappa shape index (κ3) is 2.34. The van der Waals surface area contributed by atoms with Gasteiger partial charge in [0.05, 0.1) is 22.5 Å². The molecule has 116 valence electrons. The third-order valence-corrected chi connectivity index (χ3v) is 4.05. The van der Waals surface area contributed by atoms with Gasteiger partial charge in [-0.3, -0.25) is 4.98 Å². The van der Waals surface area contributed by atoms with Gasteiger partial charge in [-0.2, -0.15) is 0 Å². The van der Waals surface area contributed by atoms with Crippen LogP contribution in [0.4, 0.5) is 0 Å². The molecule has 4 nitrogen and oxygen atoms in total. The largest absolute Gasteiger partial charge is 0.478 e. The van der Waals surface area contributed by atoms with Crippen molar-refractivity contribution in [2.45, 2.75) is 0 Å². The summed E-state index contributed by atoms with van der Waals surface area (Å²) in [6, 6.07) is 20.9. The van der Waals surface area contributed by atoms with Gasteiger partial charge in [0.15, 0.2) is 0 Å². The SMILES string of the molecule is O=C(O)c1ccc(-c2ncccc2-n2ccc3ccccc32)cc1. The molecule has 0 saturated heterocycles. The predicted molar refractivity (Wildman–Crippen MR) is 93.5 cm³/mol. The highest BCUT2D eigenvalue weighted by Crippen LogP contribution is 2.28. The van der Waals surface area contributed by atoms with E-state index < -0.39 is 5.97 Å². The monoisotopic (exact) mass is 314 g/mol. The van der Waals surface area contributed by atoms with Crippen LogP contribution in [0.2, 0.25) is 0 Å². The van der Waals surface area contributed by atoms with Crippen LogP contribution in [0.3, 0.4) is 0 Å². The summed E-state index contributed by atoms with van der Waals surface area (Å²) >= 11 is 0. The number of pyridine rings is 1. The zero-order valence-electron chi connectivity index (χ0n) is 12.8. The molecule has 4 aromatic rings. The number of nitrogens with zero attached hydrogens (tertiary/aromatic N) is 2. The first-order chi connectivity index (χ1) is 11.7. The van der Waals surface area contributed by atoms with Gasteiger partial charge in [-0.15, -0.1) is 0 Å². The second kappa shape index (κ2) is 5.66. The molecule has 4 rings (SSSR count). The Morgan fingerprint density at radius 1 is 0.917 bits per heavy atom. The van der Waals surface area contributed by atoms with Crippen molar-refractivity contribution in [2.24, 2.45) is 0 Å². The predicted octanol–water partition coefficient (Wildman–Crippen LogP) is 4.39. The molecule has 0 aliphatic rings. The molecule has 0 radical (unpaired) electrons. The van der Waals surface area contributed by atoms with Crippen LogP contribution in [0, 0.1) is 0 Å². The maximum atomic E-state index is 11.0. The second-order valence-corrected chi connectivity index (χ2v) is 5.50. The van der Waals surface area contributed by atoms with E-state index in [4.69, 9.17) is 5.11 Å². The van der Waals surface area contributed by atoms with Crippen LogP contribution in [-0.2, 0) is 0 Å². The van der Waals surface area contributed by atoms with Crippen LogP contribution >= 0.6 is 0 Å². The Hall–Kier alpha value is -3.40. The van der Waals surface area contributed by atoms with Crippen LogP contribution in [0.25, 0.3) is 27.8 Å². The molecule has 0 amide bonds. The van der Waals surface area contributed by atoms with Crippen LogP contribution in [0.1, 0.15) is 10.4 Å². The number of carboxylic acids is 1. The standard InChI is InChI=1S/C20H14N2O2/c23-20(24)16-9-7-15(8-10-16)19-18(6-3-12-21-19)22-13-11-14-4-1-2-5-17(14)22/h1-13H,(H,23,24). The van der Waals surface area contributed by atoms with Crippen LogP contribution in [0.15, 0.2) is 79.1 Å². The number of aromatic carboxylic acids is 1. The number of hydrogen-bond acceptors (Lipinski definition) is 2. The first-order valence-corrected chi connectivity index (χ1v) is 7.59. The van der Waals surface area contributed by atoms with Gasteiger partial charge < -0.3 is 9.67 Å². The number of rotatable bonds is 3. The van der Waals surface area contributed by atoms with Gasteiger partial charge in [-0.1, -0.05) is 30.3 Å². The van der Waals surface area contributed by atoms with E-state index in [0.717, 1.165) is 27.8 Å². The van der Waals surface area contributed by atoms with Gasteiger partial charge in [-0.05, 0) is 41.8 Å². The van der Waals surface area contributed by atoms with Gasteiger partial charge in [0.2, 0.25) is 0 Å². The van der Waals surface area contributed by atoms with Crippen molar-refractivity contribution < 1.29 is 9.90 Å². The van der Waals surface area contributed by atoms with Gasteiger partial charge >= 0.3 is 5.97 Å². The Kier molecular flexibility index (Phi) is 3.35. The molecule has 0 aliphatic carbocycles. The van der Waals surface area contributed by atoms with Crippen molar-refractivity contribution in [3.8, 4) is 16.9 Å². The molecule has 0 aliphatic heterocycles. The summed E-state index contributed by atoms with van der Waals surface area (Å²) in [5, 5.41) is 10.2. The Balaban J connectivity index is 1.88. The average molecular weight is 314 g/mol. The molecule has 0 atom stereocenters. The lowest BCUT2D eigenvalue weighted by atomic mass is 10.1. The zero-order valence-corrected chi connectivity index (χ0v) is 12.8. The van der Waals surface area contributed by atoms with Gasteiger partial charge in [0.1, 0.15) is 0 Å². The number of fused-ring (bicyclic) bond motifs is 1. The zero-order chi connectivity index (χ0) is 16.5. The quantitative estimate of drug-likeness (QED) is 0.610. The average Bonchev–Trinajstić information content (AvgIpc) is 3.06. The fraction of sp³-hybridized carbons (Fsp3) is 0. The Morgan fingerprint density at radius 3 is 2.50 bits per heavy atom. The van der Waals surface area contributed by atoms with Crippen molar-refractivity contribution in [3.63, 3.8) is 0 Å². The molecule has 4 heteroatoms. The summed E-state index contributed by atoms with van der Waals surface area (Å²) in [6.45, 7) is 0. The van der Waals surface area contributed by atoms with Crippen molar-refractivity contribution in [3.05, 3.63) is 84.7 Å². The summed E-state index contributed by atoms with van der Waals surface area (Å²) < 4.78 is 2.10. The molecule has 0 bridgehead atoms. The van der Waals surface area contributed by atoms with Crippen molar-refractivity contribution >= 4 is 16.9 Å². The maximum absolute atomic E-state index is 11.0. The summed E-state index contributed by atoms with van der Waals surface area (Å²) in [7, 11) is 0. The van der Waals surface area contributed by atoms with Crippen LogP contribution in [0.5, 0.6) is 0 Å². The summed E-state index contributed by atoms with van der Waals surface area (Å²) in [5.74, 6) is -0.931. The molecule has 2 aromatic heterocycles. The van der Waals surface area contributed by atoms with E-state index in [0.29, 0.717) is 0 Å². The number of carbonyl (C=O) groups is 1. The number of aromatic nitrogens is 2. The lowest BCUT2D eigenvalue weighted by Crippen LogP contribution is -1.99. The normalized spacial score (nSPS) is 10.8. The Labute approximate surface area is 138 Å². The third-order valence-electron chi connectivity index (χ3n) is 4.05. The van der Waals surface area contributed by atoms with E-state index in [2.05, 4.69) is 27.8 Å². The molecule has 0 fully saturated rings. The maximum Gasteiger partial charge on any atom is 0.335 e. The Bertz CT molecular complexity index is 1030. The summed E-state index contributed by atoms with van der Waals surface area (Å²) in [5.41, 5.74) is 4.03. The summed E-state index contributed by atoms with van der Waals surface area (Å²) in [6.07, 6.45) is 3.77. The minimum absolute atomic E-state index is 0.266. The van der Waals surface area contributed by atoms with Crippen molar-refractivity contribution in [1.29, 1.82) is 0 Å². The summed E-state index contributed by atoms with van der Waals surface area (Å²) in [4.78, 5) is 15.5. The van der Waals surface area contributed by atoms with Gasteiger partial charge in [0.25, 0.3) is 0 Å². The molecular weight excluding hydrogens is 300 g/mol. The molecule has 0 unspecified atom stereocenters. The number of benzene rings is 2. The minimum atomic E-state index is -0.931. The molecule has 1 N–H and O–H groups in total. The van der Waals surface area contributed by atoms with E-state index >= 15 is 0 Å². The minimum Gasteiger partial charge on any atom is -0.478 e. The van der Waals surface area contributed by atoms with Crippen molar-refractivity contribution in [2.75, 3.05) is 0 Å². The van der Waals surface area contributed by atoms with Gasteiger partial charge in [0, 0.05) is 18.0 Å². The van der Waals surface area contributed by atoms with Crippen LogP contribution in [-0.4, -0.2) is 20.6 Å². The molecule has 0 saturated carbocycles. The number of hydrogen-bond donors (Lipinski definition) is 1. The van der Waals surface area contributed by atoms with Crippen molar-refractivity contribution in [1.82, 2.24) is 9.55 Å². The molecule has 24 heavy (non-hydrogen) atoms. The fourth-order valence-electron chi connectivity index (χ4n) is 2.88.